The maximum atomic E-state index is 12.0. The van der Waals surface area contributed by atoms with E-state index >= 15 is 0 Å². The molecule has 0 atom stereocenters. The number of carbonyl (C=O) groups excluding carboxylic acids is 1. The monoisotopic (exact) mass is 361 g/mol. The summed E-state index contributed by atoms with van der Waals surface area (Å²) in [6, 6.07) is 13.3. The SMILES string of the molecule is CN(C)C(=O)c1ccc(-c2cncc(-c3ccnc(C(C)(C)O)c3)c2)cc1. The summed E-state index contributed by atoms with van der Waals surface area (Å²) in [5.74, 6) is -0.0237. The van der Waals surface area contributed by atoms with E-state index < -0.39 is 5.60 Å². The number of rotatable bonds is 4. The summed E-state index contributed by atoms with van der Waals surface area (Å²) in [4.78, 5) is 22.2. The van der Waals surface area contributed by atoms with E-state index in [0.717, 1.165) is 22.3 Å². The van der Waals surface area contributed by atoms with Gasteiger partial charge in [0.2, 0.25) is 0 Å². The summed E-state index contributed by atoms with van der Waals surface area (Å²) >= 11 is 0. The zero-order valence-corrected chi connectivity index (χ0v) is 16.0. The lowest BCUT2D eigenvalue weighted by molar-refractivity contribution is 0.0739. The van der Waals surface area contributed by atoms with Crippen LogP contribution in [0.5, 0.6) is 0 Å². The average molecular weight is 361 g/mol. The molecule has 3 aromatic rings. The van der Waals surface area contributed by atoms with Gasteiger partial charge in [0.25, 0.3) is 5.91 Å². The van der Waals surface area contributed by atoms with Gasteiger partial charge in [0, 0.05) is 49.4 Å². The van der Waals surface area contributed by atoms with Gasteiger partial charge < -0.3 is 10.0 Å². The molecule has 0 saturated carbocycles. The van der Waals surface area contributed by atoms with E-state index in [1.165, 1.54) is 0 Å². The molecule has 5 nitrogen and oxygen atoms in total. The first-order valence-electron chi connectivity index (χ1n) is 8.72. The van der Waals surface area contributed by atoms with Crippen LogP contribution in [0.1, 0.15) is 29.9 Å². The van der Waals surface area contributed by atoms with Crippen molar-refractivity contribution >= 4 is 5.91 Å². The van der Waals surface area contributed by atoms with Crippen LogP contribution in [0.2, 0.25) is 0 Å². The fourth-order valence-electron chi connectivity index (χ4n) is 2.76. The second-order valence-electron chi connectivity index (χ2n) is 7.23. The van der Waals surface area contributed by atoms with Gasteiger partial charge >= 0.3 is 0 Å². The van der Waals surface area contributed by atoms with Crippen molar-refractivity contribution in [2.24, 2.45) is 0 Å². The summed E-state index contributed by atoms with van der Waals surface area (Å²) in [5.41, 5.74) is 4.07. The van der Waals surface area contributed by atoms with Crippen molar-refractivity contribution in [3.05, 3.63) is 72.3 Å². The average Bonchev–Trinajstić information content (AvgIpc) is 2.67. The molecule has 0 fully saturated rings. The highest BCUT2D eigenvalue weighted by Crippen LogP contribution is 2.28. The van der Waals surface area contributed by atoms with Crippen LogP contribution in [0.4, 0.5) is 0 Å². The van der Waals surface area contributed by atoms with Crippen molar-refractivity contribution in [1.82, 2.24) is 14.9 Å². The molecular weight excluding hydrogens is 338 g/mol. The maximum Gasteiger partial charge on any atom is 0.253 e. The van der Waals surface area contributed by atoms with Gasteiger partial charge in [0.1, 0.15) is 5.60 Å². The van der Waals surface area contributed by atoms with E-state index in [9.17, 15) is 9.90 Å². The lowest BCUT2D eigenvalue weighted by Crippen LogP contribution is -2.21. The zero-order valence-electron chi connectivity index (χ0n) is 16.0. The number of aliphatic hydroxyl groups is 1. The van der Waals surface area contributed by atoms with E-state index in [2.05, 4.69) is 9.97 Å². The zero-order chi connectivity index (χ0) is 19.6. The van der Waals surface area contributed by atoms with E-state index in [1.54, 1.807) is 51.4 Å². The van der Waals surface area contributed by atoms with Crippen LogP contribution in [0.15, 0.2) is 61.1 Å². The van der Waals surface area contributed by atoms with Crippen molar-refractivity contribution in [3.63, 3.8) is 0 Å². The predicted octanol–water partition coefficient (Wildman–Crippen LogP) is 3.74. The highest BCUT2D eigenvalue weighted by molar-refractivity contribution is 5.94. The van der Waals surface area contributed by atoms with E-state index in [4.69, 9.17) is 0 Å². The molecule has 0 aliphatic heterocycles. The standard InChI is InChI=1S/C22H23N3O2/c1-22(2,27)20-12-17(9-10-24-20)19-11-18(13-23-14-19)15-5-7-16(8-6-15)21(26)25(3)4/h5-14,27H,1-4H3. The smallest absolute Gasteiger partial charge is 0.253 e. The molecule has 3 rings (SSSR count). The van der Waals surface area contributed by atoms with Gasteiger partial charge in [-0.2, -0.15) is 0 Å². The van der Waals surface area contributed by atoms with Crippen molar-refractivity contribution in [2.45, 2.75) is 19.4 Å². The van der Waals surface area contributed by atoms with Gasteiger partial charge in [0.05, 0.1) is 5.69 Å². The first-order valence-corrected chi connectivity index (χ1v) is 8.72. The molecule has 0 radical (unpaired) electrons. The Labute approximate surface area is 159 Å². The highest BCUT2D eigenvalue weighted by Gasteiger charge is 2.18. The van der Waals surface area contributed by atoms with Crippen LogP contribution in [0.25, 0.3) is 22.3 Å². The lowest BCUT2D eigenvalue weighted by atomic mass is 9.98. The minimum Gasteiger partial charge on any atom is -0.384 e. The number of carbonyl (C=O) groups is 1. The Hall–Kier alpha value is -3.05. The Morgan fingerprint density at radius 3 is 2.15 bits per heavy atom. The summed E-state index contributed by atoms with van der Waals surface area (Å²) < 4.78 is 0. The van der Waals surface area contributed by atoms with E-state index in [-0.39, 0.29) is 5.91 Å². The van der Waals surface area contributed by atoms with Crippen molar-refractivity contribution in [1.29, 1.82) is 0 Å². The van der Waals surface area contributed by atoms with Gasteiger partial charge in [-0.1, -0.05) is 12.1 Å². The molecule has 1 N–H and O–H groups in total. The molecule has 27 heavy (non-hydrogen) atoms. The third-order valence-electron chi connectivity index (χ3n) is 4.33. The molecule has 138 valence electrons. The molecule has 1 amide bonds. The highest BCUT2D eigenvalue weighted by atomic mass is 16.3. The molecule has 5 heteroatoms. The predicted molar refractivity (Wildman–Crippen MR) is 106 cm³/mol. The van der Waals surface area contributed by atoms with Crippen LogP contribution >= 0.6 is 0 Å². The molecular formula is C22H23N3O2. The number of pyridine rings is 2. The largest absolute Gasteiger partial charge is 0.384 e. The molecule has 0 unspecified atom stereocenters. The van der Waals surface area contributed by atoms with Gasteiger partial charge in [-0.15, -0.1) is 0 Å². The maximum absolute atomic E-state index is 12.0. The van der Waals surface area contributed by atoms with Crippen LogP contribution < -0.4 is 0 Å². The summed E-state index contributed by atoms with van der Waals surface area (Å²) in [7, 11) is 3.47. The van der Waals surface area contributed by atoms with Gasteiger partial charge in [-0.25, -0.2) is 0 Å². The third kappa shape index (κ3) is 4.20. The number of nitrogens with zero attached hydrogens (tertiary/aromatic N) is 3. The minimum absolute atomic E-state index is 0.0237. The Bertz CT molecular complexity index is 958. The number of aromatic nitrogens is 2. The van der Waals surface area contributed by atoms with Crippen molar-refractivity contribution < 1.29 is 9.90 Å². The molecule has 2 heterocycles. The number of benzene rings is 1. The van der Waals surface area contributed by atoms with Crippen molar-refractivity contribution in [3.8, 4) is 22.3 Å². The fourth-order valence-corrected chi connectivity index (χ4v) is 2.76. The topological polar surface area (TPSA) is 66.3 Å². The molecule has 0 aliphatic rings. The summed E-state index contributed by atoms with van der Waals surface area (Å²) in [6.45, 7) is 3.43. The second kappa shape index (κ2) is 7.29. The quantitative estimate of drug-likeness (QED) is 0.769. The van der Waals surface area contributed by atoms with Gasteiger partial charge in [0.15, 0.2) is 0 Å². The van der Waals surface area contributed by atoms with Crippen LogP contribution in [-0.2, 0) is 5.60 Å². The Kier molecular flexibility index (Phi) is 5.06. The Balaban J connectivity index is 1.94. The first-order chi connectivity index (χ1) is 12.8. The van der Waals surface area contributed by atoms with Crippen LogP contribution in [0.3, 0.4) is 0 Å². The van der Waals surface area contributed by atoms with Gasteiger partial charge in [-0.3, -0.25) is 14.8 Å². The normalized spacial score (nSPS) is 11.3. The molecule has 1 aromatic carbocycles. The Morgan fingerprint density at radius 1 is 0.926 bits per heavy atom. The van der Waals surface area contributed by atoms with Crippen molar-refractivity contribution in [2.75, 3.05) is 14.1 Å². The van der Waals surface area contributed by atoms with E-state index in [0.29, 0.717) is 11.3 Å². The lowest BCUT2D eigenvalue weighted by Gasteiger charge is -2.17. The Morgan fingerprint density at radius 2 is 1.56 bits per heavy atom. The molecule has 0 spiro atoms. The molecule has 0 saturated heterocycles. The van der Waals surface area contributed by atoms with Crippen LogP contribution in [-0.4, -0.2) is 40.0 Å². The third-order valence-corrected chi connectivity index (χ3v) is 4.33. The van der Waals surface area contributed by atoms with Crippen LogP contribution in [0, 0.1) is 0 Å². The molecule has 0 bridgehead atoms. The molecule has 2 aromatic heterocycles. The van der Waals surface area contributed by atoms with E-state index in [1.807, 2.05) is 42.5 Å². The number of hydrogen-bond donors (Lipinski definition) is 1. The summed E-state index contributed by atoms with van der Waals surface area (Å²) in [5, 5.41) is 10.2. The summed E-state index contributed by atoms with van der Waals surface area (Å²) in [6.07, 6.45) is 5.28. The van der Waals surface area contributed by atoms with Gasteiger partial charge in [-0.05, 0) is 55.3 Å². The fraction of sp³-hybridized carbons (Fsp3) is 0.227. The minimum atomic E-state index is -1.00. The first kappa shape index (κ1) is 18.7. The number of hydrogen-bond acceptors (Lipinski definition) is 4. The second-order valence-corrected chi connectivity index (χ2v) is 7.23. The molecule has 0 aliphatic carbocycles. The number of amides is 1.